The molecule has 0 aliphatic heterocycles. The minimum absolute atomic E-state index is 0.112. The molecule has 0 atom stereocenters. The topological polar surface area (TPSA) is 52.6 Å². The molecule has 0 aromatic carbocycles. The molecule has 1 aliphatic carbocycles. The SMILES string of the molecule is C=C(C)C(=O)OC1CCC(CC)(OC(=O)CCl)CC1. The van der Waals surface area contributed by atoms with Crippen LogP contribution in [0.4, 0.5) is 0 Å². The molecule has 0 bridgehead atoms. The van der Waals surface area contributed by atoms with Gasteiger partial charge in [-0.1, -0.05) is 13.5 Å². The number of alkyl halides is 1. The molecular formula is C14H21ClO4. The molecule has 1 fully saturated rings. The Morgan fingerprint density at radius 3 is 2.37 bits per heavy atom. The first-order chi connectivity index (χ1) is 8.92. The van der Waals surface area contributed by atoms with Crippen LogP contribution in [-0.4, -0.2) is 29.5 Å². The number of halogens is 1. The number of hydrogen-bond donors (Lipinski definition) is 0. The Hall–Kier alpha value is -1.03. The average Bonchev–Trinajstić information content (AvgIpc) is 2.40. The molecule has 0 heterocycles. The second-order valence-electron chi connectivity index (χ2n) is 5.03. The molecule has 0 aromatic rings. The highest BCUT2D eigenvalue weighted by Gasteiger charge is 2.38. The van der Waals surface area contributed by atoms with E-state index in [1.54, 1.807) is 6.92 Å². The normalized spacial score (nSPS) is 26.6. The van der Waals surface area contributed by atoms with E-state index < -0.39 is 5.60 Å². The summed E-state index contributed by atoms with van der Waals surface area (Å²) in [6.45, 7) is 7.17. The van der Waals surface area contributed by atoms with E-state index in [1.165, 1.54) is 0 Å². The maximum Gasteiger partial charge on any atom is 0.333 e. The van der Waals surface area contributed by atoms with Crippen LogP contribution in [0.25, 0.3) is 0 Å². The van der Waals surface area contributed by atoms with Gasteiger partial charge in [-0.2, -0.15) is 0 Å². The van der Waals surface area contributed by atoms with Crippen LogP contribution >= 0.6 is 11.6 Å². The molecule has 1 aliphatic rings. The molecule has 0 amide bonds. The zero-order valence-corrected chi connectivity index (χ0v) is 12.3. The predicted molar refractivity (Wildman–Crippen MR) is 73.0 cm³/mol. The third-order valence-electron chi connectivity index (χ3n) is 3.55. The Bertz CT molecular complexity index is 356. The lowest BCUT2D eigenvalue weighted by Gasteiger charge is -2.38. The van der Waals surface area contributed by atoms with E-state index in [-0.39, 0.29) is 23.9 Å². The van der Waals surface area contributed by atoms with E-state index in [9.17, 15) is 9.59 Å². The lowest BCUT2D eigenvalue weighted by molar-refractivity contribution is -0.167. The molecule has 0 aromatic heterocycles. The predicted octanol–water partition coefficient (Wildman–Crippen LogP) is 2.98. The molecule has 19 heavy (non-hydrogen) atoms. The molecule has 1 rings (SSSR count). The van der Waals surface area contributed by atoms with Crippen molar-refractivity contribution in [2.45, 2.75) is 57.7 Å². The van der Waals surface area contributed by atoms with Gasteiger partial charge >= 0.3 is 11.9 Å². The fourth-order valence-corrected chi connectivity index (χ4v) is 2.34. The Kier molecular flexibility index (Phi) is 5.85. The van der Waals surface area contributed by atoms with Gasteiger partial charge in [-0.05, 0) is 39.0 Å². The summed E-state index contributed by atoms with van der Waals surface area (Å²) < 4.78 is 10.8. The van der Waals surface area contributed by atoms with Crippen LogP contribution in [0.3, 0.4) is 0 Å². The van der Waals surface area contributed by atoms with Crippen LogP contribution in [0.2, 0.25) is 0 Å². The largest absolute Gasteiger partial charge is 0.459 e. The molecule has 0 spiro atoms. The van der Waals surface area contributed by atoms with Gasteiger partial charge in [0.2, 0.25) is 0 Å². The summed E-state index contributed by atoms with van der Waals surface area (Å²) >= 11 is 5.47. The summed E-state index contributed by atoms with van der Waals surface area (Å²) in [6.07, 6.45) is 3.42. The van der Waals surface area contributed by atoms with Crippen LogP contribution < -0.4 is 0 Å². The summed E-state index contributed by atoms with van der Waals surface area (Å²) in [6, 6.07) is 0. The Morgan fingerprint density at radius 1 is 1.37 bits per heavy atom. The van der Waals surface area contributed by atoms with E-state index in [2.05, 4.69) is 6.58 Å². The van der Waals surface area contributed by atoms with Gasteiger partial charge in [0.15, 0.2) is 0 Å². The molecule has 108 valence electrons. The summed E-state index contributed by atoms with van der Waals surface area (Å²) in [5.41, 5.74) is -0.0427. The highest BCUT2D eigenvalue weighted by atomic mass is 35.5. The molecule has 4 nitrogen and oxygen atoms in total. The van der Waals surface area contributed by atoms with Crippen molar-refractivity contribution in [1.29, 1.82) is 0 Å². The smallest absolute Gasteiger partial charge is 0.333 e. The van der Waals surface area contributed by atoms with Crippen LogP contribution in [0.5, 0.6) is 0 Å². The van der Waals surface area contributed by atoms with Crippen molar-refractivity contribution in [3.05, 3.63) is 12.2 Å². The quantitative estimate of drug-likeness (QED) is 0.443. The third-order valence-corrected chi connectivity index (χ3v) is 3.77. The first-order valence-corrected chi connectivity index (χ1v) is 7.10. The third kappa shape index (κ3) is 4.53. The average molecular weight is 289 g/mol. The van der Waals surface area contributed by atoms with Gasteiger partial charge in [0, 0.05) is 5.57 Å². The Balaban J connectivity index is 2.52. The van der Waals surface area contributed by atoms with E-state index in [4.69, 9.17) is 21.1 Å². The summed E-state index contributed by atoms with van der Waals surface area (Å²) in [5.74, 6) is -0.872. The summed E-state index contributed by atoms with van der Waals surface area (Å²) in [4.78, 5) is 22.8. The van der Waals surface area contributed by atoms with Crippen molar-refractivity contribution in [2.24, 2.45) is 0 Å². The second kappa shape index (κ2) is 6.94. The summed E-state index contributed by atoms with van der Waals surface area (Å²) in [7, 11) is 0. The number of carbonyl (C=O) groups is 2. The van der Waals surface area contributed by atoms with Crippen molar-refractivity contribution in [1.82, 2.24) is 0 Å². The van der Waals surface area contributed by atoms with E-state index >= 15 is 0 Å². The first kappa shape index (κ1) is 16.0. The van der Waals surface area contributed by atoms with Crippen molar-refractivity contribution in [3.63, 3.8) is 0 Å². The van der Waals surface area contributed by atoms with E-state index in [0.29, 0.717) is 31.3 Å². The second-order valence-corrected chi connectivity index (χ2v) is 5.30. The molecule has 0 saturated heterocycles. The van der Waals surface area contributed by atoms with Crippen LogP contribution in [-0.2, 0) is 19.1 Å². The Morgan fingerprint density at radius 2 is 1.95 bits per heavy atom. The number of ether oxygens (including phenoxy) is 2. The molecule has 0 unspecified atom stereocenters. The molecule has 1 saturated carbocycles. The van der Waals surface area contributed by atoms with Crippen molar-refractivity contribution >= 4 is 23.5 Å². The van der Waals surface area contributed by atoms with Crippen molar-refractivity contribution < 1.29 is 19.1 Å². The fraction of sp³-hybridized carbons (Fsp3) is 0.714. The van der Waals surface area contributed by atoms with Gasteiger partial charge in [-0.25, -0.2) is 4.79 Å². The van der Waals surface area contributed by atoms with Crippen LogP contribution in [0.15, 0.2) is 12.2 Å². The van der Waals surface area contributed by atoms with Gasteiger partial charge in [0.1, 0.15) is 17.6 Å². The van der Waals surface area contributed by atoms with Crippen LogP contribution in [0, 0.1) is 0 Å². The molecule has 0 radical (unpaired) electrons. The number of rotatable bonds is 5. The lowest BCUT2D eigenvalue weighted by atomic mass is 9.81. The number of hydrogen-bond acceptors (Lipinski definition) is 4. The fourth-order valence-electron chi connectivity index (χ4n) is 2.28. The first-order valence-electron chi connectivity index (χ1n) is 6.56. The Labute approximate surface area is 119 Å². The lowest BCUT2D eigenvalue weighted by Crippen LogP contribution is -2.41. The van der Waals surface area contributed by atoms with E-state index in [1.807, 2.05) is 6.92 Å². The van der Waals surface area contributed by atoms with E-state index in [0.717, 1.165) is 6.42 Å². The monoisotopic (exact) mass is 288 g/mol. The van der Waals surface area contributed by atoms with Gasteiger partial charge in [0.25, 0.3) is 0 Å². The molecule has 5 heteroatoms. The zero-order valence-electron chi connectivity index (χ0n) is 11.5. The summed E-state index contributed by atoms with van der Waals surface area (Å²) in [5, 5.41) is 0. The minimum atomic E-state index is -0.446. The maximum atomic E-state index is 11.4. The maximum absolute atomic E-state index is 11.4. The van der Waals surface area contributed by atoms with Crippen LogP contribution in [0.1, 0.15) is 46.0 Å². The van der Waals surface area contributed by atoms with Gasteiger partial charge < -0.3 is 9.47 Å². The number of esters is 2. The molecule has 0 N–H and O–H groups in total. The number of carbonyl (C=O) groups excluding carboxylic acids is 2. The zero-order chi connectivity index (χ0) is 14.5. The van der Waals surface area contributed by atoms with Gasteiger partial charge in [-0.3, -0.25) is 4.79 Å². The highest BCUT2D eigenvalue weighted by Crippen LogP contribution is 2.36. The highest BCUT2D eigenvalue weighted by molar-refractivity contribution is 6.26. The molecular weight excluding hydrogens is 268 g/mol. The standard InChI is InChI=1S/C14H21ClO4/c1-4-14(19-12(16)9-15)7-5-11(6-8-14)18-13(17)10(2)3/h11H,2,4-9H2,1,3H3. The minimum Gasteiger partial charge on any atom is -0.459 e. The van der Waals surface area contributed by atoms with Crippen molar-refractivity contribution in [2.75, 3.05) is 5.88 Å². The van der Waals surface area contributed by atoms with Gasteiger partial charge in [-0.15, -0.1) is 11.6 Å². The van der Waals surface area contributed by atoms with Crippen molar-refractivity contribution in [3.8, 4) is 0 Å². The van der Waals surface area contributed by atoms with Gasteiger partial charge in [0.05, 0.1) is 0 Å².